The number of piperazine rings is 1. The second-order valence-electron chi connectivity index (χ2n) is 9.60. The van der Waals surface area contributed by atoms with E-state index >= 15 is 0 Å². The Morgan fingerprint density at radius 3 is 2.13 bits per heavy atom. The Bertz CT molecular complexity index is 774. The van der Waals surface area contributed by atoms with Gasteiger partial charge in [0.2, 0.25) is 11.8 Å². The fraction of sp³-hybridized carbons (Fsp3) is 0.667. The van der Waals surface area contributed by atoms with Gasteiger partial charge in [-0.05, 0) is 31.0 Å². The van der Waals surface area contributed by atoms with Crippen molar-refractivity contribution in [3.8, 4) is 11.5 Å². The summed E-state index contributed by atoms with van der Waals surface area (Å²) in [6, 6.07) is 5.85. The molecule has 0 saturated carbocycles. The van der Waals surface area contributed by atoms with E-state index in [9.17, 15) is 9.59 Å². The normalized spacial score (nSPS) is 18.7. The molecule has 0 aliphatic carbocycles. The molecule has 2 aliphatic rings. The molecule has 0 spiro atoms. The van der Waals surface area contributed by atoms with E-state index in [2.05, 4.69) is 4.90 Å². The third-order valence-corrected chi connectivity index (χ3v) is 6.34. The Morgan fingerprint density at radius 2 is 1.58 bits per heavy atom. The maximum absolute atomic E-state index is 13.0. The number of piperidine rings is 1. The van der Waals surface area contributed by atoms with Crippen LogP contribution >= 0.6 is 0 Å². The van der Waals surface area contributed by atoms with Gasteiger partial charge in [-0.3, -0.25) is 14.5 Å². The van der Waals surface area contributed by atoms with Crippen LogP contribution in [0.2, 0.25) is 0 Å². The molecular weight excluding hydrogens is 394 g/mol. The van der Waals surface area contributed by atoms with Crippen molar-refractivity contribution in [1.82, 2.24) is 14.7 Å². The first-order chi connectivity index (χ1) is 14.7. The highest BCUT2D eigenvalue weighted by Gasteiger charge is 2.34. The maximum Gasteiger partial charge on any atom is 0.227 e. The highest BCUT2D eigenvalue weighted by molar-refractivity contribution is 5.82. The van der Waals surface area contributed by atoms with Gasteiger partial charge in [-0.2, -0.15) is 0 Å². The van der Waals surface area contributed by atoms with E-state index in [0.29, 0.717) is 13.1 Å². The van der Waals surface area contributed by atoms with Crippen molar-refractivity contribution in [3.05, 3.63) is 23.8 Å². The lowest BCUT2D eigenvalue weighted by atomic mass is 9.90. The van der Waals surface area contributed by atoms with E-state index in [-0.39, 0.29) is 23.1 Å². The highest BCUT2D eigenvalue weighted by Crippen LogP contribution is 2.27. The fourth-order valence-corrected chi connectivity index (χ4v) is 4.43. The lowest BCUT2D eigenvalue weighted by Crippen LogP contribution is -2.52. The molecule has 0 bridgehead atoms. The summed E-state index contributed by atoms with van der Waals surface area (Å²) in [5.41, 5.74) is 0.732. The van der Waals surface area contributed by atoms with Crippen LogP contribution in [0.4, 0.5) is 0 Å². The van der Waals surface area contributed by atoms with E-state index < -0.39 is 0 Å². The van der Waals surface area contributed by atoms with Gasteiger partial charge in [0.25, 0.3) is 0 Å². The second kappa shape index (κ2) is 9.90. The first kappa shape index (κ1) is 23.4. The minimum Gasteiger partial charge on any atom is -0.497 e. The summed E-state index contributed by atoms with van der Waals surface area (Å²) < 4.78 is 10.8. The zero-order valence-corrected chi connectivity index (χ0v) is 19.6. The van der Waals surface area contributed by atoms with Crippen LogP contribution in [0.25, 0.3) is 0 Å². The number of nitrogens with zero attached hydrogens (tertiary/aromatic N) is 3. The number of hydrogen-bond donors (Lipinski definition) is 0. The van der Waals surface area contributed by atoms with Crippen LogP contribution in [-0.4, -0.2) is 80.0 Å². The molecule has 2 heterocycles. The molecule has 0 radical (unpaired) electrons. The van der Waals surface area contributed by atoms with Gasteiger partial charge in [0.05, 0.1) is 14.2 Å². The molecule has 0 aromatic heterocycles. The molecule has 1 aromatic carbocycles. The average molecular weight is 432 g/mol. The summed E-state index contributed by atoms with van der Waals surface area (Å²) in [5, 5.41) is 0. The van der Waals surface area contributed by atoms with Crippen LogP contribution < -0.4 is 9.47 Å². The average Bonchev–Trinajstić information content (AvgIpc) is 2.78. The van der Waals surface area contributed by atoms with Crippen molar-refractivity contribution < 1.29 is 19.1 Å². The number of likely N-dealkylation sites (tertiary alicyclic amines) is 1. The van der Waals surface area contributed by atoms with Gasteiger partial charge in [-0.1, -0.05) is 20.8 Å². The quantitative estimate of drug-likeness (QED) is 0.717. The molecule has 172 valence electrons. The number of rotatable bonds is 5. The third kappa shape index (κ3) is 5.70. The predicted molar refractivity (Wildman–Crippen MR) is 120 cm³/mol. The van der Waals surface area contributed by atoms with Crippen molar-refractivity contribution >= 4 is 11.8 Å². The molecule has 0 N–H and O–H groups in total. The molecule has 3 rings (SSSR count). The first-order valence-corrected chi connectivity index (χ1v) is 11.2. The van der Waals surface area contributed by atoms with Crippen LogP contribution in [0, 0.1) is 11.3 Å². The van der Waals surface area contributed by atoms with Gasteiger partial charge < -0.3 is 19.3 Å². The zero-order chi connectivity index (χ0) is 22.6. The minimum atomic E-state index is -0.362. The summed E-state index contributed by atoms with van der Waals surface area (Å²) in [4.78, 5) is 31.8. The van der Waals surface area contributed by atoms with Crippen molar-refractivity contribution in [2.24, 2.45) is 11.3 Å². The fourth-order valence-electron chi connectivity index (χ4n) is 4.43. The predicted octanol–water partition coefficient (Wildman–Crippen LogP) is 2.63. The highest BCUT2D eigenvalue weighted by atomic mass is 16.5. The van der Waals surface area contributed by atoms with Crippen molar-refractivity contribution in [2.75, 3.05) is 53.5 Å². The Kier molecular flexibility index (Phi) is 7.46. The van der Waals surface area contributed by atoms with E-state index in [1.54, 1.807) is 14.2 Å². The van der Waals surface area contributed by atoms with E-state index in [1.807, 2.05) is 48.8 Å². The Labute approximate surface area is 186 Å². The number of hydrogen-bond acceptors (Lipinski definition) is 5. The van der Waals surface area contributed by atoms with E-state index in [0.717, 1.165) is 62.6 Å². The summed E-state index contributed by atoms with van der Waals surface area (Å²) in [6.07, 6.45) is 1.53. The Balaban J connectivity index is 1.49. The van der Waals surface area contributed by atoms with E-state index in [1.165, 1.54) is 0 Å². The molecule has 7 heteroatoms. The van der Waals surface area contributed by atoms with Gasteiger partial charge >= 0.3 is 0 Å². The van der Waals surface area contributed by atoms with Gasteiger partial charge in [0.1, 0.15) is 11.5 Å². The molecule has 0 atom stereocenters. The molecular formula is C24H37N3O4. The number of methoxy groups -OCH3 is 2. The molecule has 1 aromatic rings. The molecule has 0 unspecified atom stereocenters. The SMILES string of the molecule is COc1ccc(OC)c(CN2CCN(C(=O)C3CCN(C(=O)C(C)(C)C)CC3)CC2)c1. The number of ether oxygens (including phenoxy) is 2. The van der Waals surface area contributed by atoms with Gasteiger partial charge in [-0.25, -0.2) is 0 Å². The Hall–Kier alpha value is -2.28. The first-order valence-electron chi connectivity index (χ1n) is 11.2. The summed E-state index contributed by atoms with van der Waals surface area (Å²) in [6.45, 7) is 11.2. The van der Waals surface area contributed by atoms with Crippen LogP contribution in [0.15, 0.2) is 18.2 Å². The molecule has 7 nitrogen and oxygen atoms in total. The van der Waals surface area contributed by atoms with Gasteiger partial charge in [0.15, 0.2) is 0 Å². The van der Waals surface area contributed by atoms with Crippen molar-refractivity contribution in [3.63, 3.8) is 0 Å². The van der Waals surface area contributed by atoms with Crippen LogP contribution in [0.3, 0.4) is 0 Å². The standard InChI is InChI=1S/C24H37N3O4/c1-24(2,3)23(29)27-10-8-18(9-11-27)22(28)26-14-12-25(13-15-26)17-19-16-20(30-4)6-7-21(19)31-5/h6-7,16,18H,8-15,17H2,1-5H3. The number of amides is 2. The number of carbonyl (C=O) groups excluding carboxylic acids is 2. The Morgan fingerprint density at radius 1 is 0.935 bits per heavy atom. The molecule has 2 fully saturated rings. The summed E-state index contributed by atoms with van der Waals surface area (Å²) >= 11 is 0. The van der Waals surface area contributed by atoms with Gasteiger partial charge in [-0.15, -0.1) is 0 Å². The van der Waals surface area contributed by atoms with Crippen molar-refractivity contribution in [1.29, 1.82) is 0 Å². The van der Waals surface area contributed by atoms with E-state index in [4.69, 9.17) is 9.47 Å². The minimum absolute atomic E-state index is 0.0362. The summed E-state index contributed by atoms with van der Waals surface area (Å²) in [5.74, 6) is 2.15. The maximum atomic E-state index is 13.0. The second-order valence-corrected chi connectivity index (χ2v) is 9.60. The lowest BCUT2D eigenvalue weighted by Gasteiger charge is -2.39. The topological polar surface area (TPSA) is 62.3 Å². The summed E-state index contributed by atoms with van der Waals surface area (Å²) in [7, 11) is 3.35. The number of carbonyl (C=O) groups is 2. The van der Waals surface area contributed by atoms with Crippen LogP contribution in [0.1, 0.15) is 39.2 Å². The monoisotopic (exact) mass is 431 g/mol. The number of benzene rings is 1. The molecule has 2 aliphatic heterocycles. The van der Waals surface area contributed by atoms with Gasteiger partial charge in [0, 0.05) is 62.7 Å². The van der Waals surface area contributed by atoms with Crippen LogP contribution in [0.5, 0.6) is 11.5 Å². The largest absolute Gasteiger partial charge is 0.497 e. The smallest absolute Gasteiger partial charge is 0.227 e. The zero-order valence-electron chi connectivity index (χ0n) is 19.6. The molecule has 2 amide bonds. The van der Waals surface area contributed by atoms with Crippen LogP contribution in [-0.2, 0) is 16.1 Å². The molecule has 2 saturated heterocycles. The lowest BCUT2D eigenvalue weighted by molar-refractivity contribution is -0.145. The van der Waals surface area contributed by atoms with Crippen molar-refractivity contribution in [2.45, 2.75) is 40.2 Å². The third-order valence-electron chi connectivity index (χ3n) is 6.34. The molecule has 31 heavy (non-hydrogen) atoms.